The Morgan fingerprint density at radius 1 is 0.536 bits per heavy atom. The predicted octanol–water partition coefficient (Wildman–Crippen LogP) is 3.25. The van der Waals surface area contributed by atoms with Crippen LogP contribution in [0.2, 0.25) is 0 Å². The van der Waals surface area contributed by atoms with Crippen LogP contribution in [0.5, 0.6) is 0 Å². The molecule has 16 nitrogen and oxygen atoms in total. The zero-order chi connectivity index (χ0) is 22.2. The Morgan fingerprint density at radius 3 is 0.714 bits per heavy atom. The van der Waals surface area contributed by atoms with Gasteiger partial charge in [0.2, 0.25) is 0 Å². The smallest absolute Gasteiger partial charge is 0.373 e. The molecule has 18 heteroatoms. The van der Waals surface area contributed by atoms with E-state index in [1.165, 1.54) is 19.6 Å². The molecule has 0 aliphatic carbocycles. The molecule has 0 atom stereocenters. The molecule has 0 saturated carbocycles. The minimum Gasteiger partial charge on any atom is -0.373 e. The minimum atomic E-state index is 0. The quantitative estimate of drug-likeness (QED) is 0.240. The molecular weight excluding hydrogens is 471 g/mol. The van der Waals surface area contributed by atoms with Crippen molar-refractivity contribution in [3.05, 3.63) is 63.9 Å². The van der Waals surface area contributed by atoms with E-state index in [2.05, 4.69) is 38.0 Å². The topological polar surface area (TPSA) is 293 Å². The maximum Gasteiger partial charge on any atom is 2.00 e. The van der Waals surface area contributed by atoms with Crippen molar-refractivity contribution in [2.24, 2.45) is 11.5 Å². The Labute approximate surface area is 186 Å². The summed E-state index contributed by atoms with van der Waals surface area (Å²) in [5, 5.41) is 0. The molecule has 0 aromatic heterocycles. The van der Waals surface area contributed by atoms with Crippen LogP contribution < -0.4 is 11.5 Å². The van der Waals surface area contributed by atoms with Crippen molar-refractivity contribution in [1.29, 1.82) is 0 Å². The maximum absolute atomic E-state index is 6.75. The van der Waals surface area contributed by atoms with Crippen LogP contribution in [0.1, 0.15) is 12.8 Å². The van der Waals surface area contributed by atoms with Gasteiger partial charge < -0.3 is 65.5 Å². The predicted molar refractivity (Wildman–Crippen MR) is 105 cm³/mol. The van der Waals surface area contributed by atoms with Crippen LogP contribution >= 0.6 is 0 Å². The van der Waals surface area contributed by atoms with Crippen molar-refractivity contribution in [3.8, 4) is 0 Å². The second-order valence-electron chi connectivity index (χ2n) is 4.25. The second kappa shape index (κ2) is 73.3. The van der Waals surface area contributed by atoms with E-state index >= 15 is 0 Å². The third-order valence-electron chi connectivity index (χ3n) is 1.62. The van der Waals surface area contributed by atoms with Gasteiger partial charge in [-0.2, -0.15) is 0 Å². The standard InChI is InChI=1S/2C5H14N2.2Cu.4N3/c2*1-7(2)5-3-4-6;;;4*1-3-2/h2*3-6H2,1-2H3;;;;;;/q;;2*+2;4*-1. The van der Waals surface area contributed by atoms with Crippen molar-refractivity contribution in [2.75, 3.05) is 54.4 Å². The summed E-state index contributed by atoms with van der Waals surface area (Å²) in [7, 11) is 8.20. The Morgan fingerprint density at radius 2 is 0.679 bits per heavy atom. The molecular formula is C10H28Cu2N16. The second-order valence-corrected chi connectivity index (χ2v) is 4.25. The molecule has 0 unspecified atom stereocenters. The Hall–Kier alpha value is -1.88. The van der Waals surface area contributed by atoms with Gasteiger partial charge in [0.1, 0.15) is 0 Å². The van der Waals surface area contributed by atoms with Gasteiger partial charge in [0.15, 0.2) is 0 Å². The summed E-state index contributed by atoms with van der Waals surface area (Å²) < 4.78 is 0. The molecule has 0 saturated heterocycles. The Balaban J connectivity index is -0.0000000297. The summed E-state index contributed by atoms with van der Waals surface area (Å²) in [6.45, 7) is 3.82. The molecule has 170 valence electrons. The van der Waals surface area contributed by atoms with Gasteiger partial charge in [-0.3, -0.25) is 19.6 Å². The molecule has 0 spiro atoms. The normalized spacial score (nSPS) is 6.29. The Kier molecular flexibility index (Phi) is 131. The molecule has 0 bridgehead atoms. The maximum atomic E-state index is 6.75. The molecule has 0 aromatic rings. The van der Waals surface area contributed by atoms with E-state index in [-0.39, 0.29) is 34.1 Å². The van der Waals surface area contributed by atoms with E-state index in [0.29, 0.717) is 0 Å². The molecule has 4 N–H and O–H groups in total. The average molecular weight is 500 g/mol. The van der Waals surface area contributed by atoms with E-state index in [9.17, 15) is 0 Å². The fourth-order valence-corrected chi connectivity index (χ4v) is 0.815. The van der Waals surface area contributed by atoms with E-state index in [0.717, 1.165) is 39.0 Å². The van der Waals surface area contributed by atoms with Crippen LogP contribution in [0.3, 0.4) is 0 Å². The summed E-state index contributed by atoms with van der Waals surface area (Å²) in [5.41, 5.74) is 64.5. The summed E-state index contributed by atoms with van der Waals surface area (Å²) >= 11 is 0. The van der Waals surface area contributed by atoms with Crippen LogP contribution in [0.15, 0.2) is 0 Å². The average Bonchev–Trinajstić information content (AvgIpc) is 2.54. The SMILES string of the molecule is CN(C)CCCN.CN(C)CCCN.[Cu+2].[Cu+2].[N-]=[N+]=[N-].[N-]=[N+]=[N-].[N-]=[N+]=[N-].[N-]=[N+]=[N-]. The van der Waals surface area contributed by atoms with Crippen molar-refractivity contribution in [3.63, 3.8) is 0 Å². The van der Waals surface area contributed by atoms with Gasteiger partial charge in [-0.1, -0.05) is 0 Å². The van der Waals surface area contributed by atoms with Gasteiger partial charge in [0.25, 0.3) is 0 Å². The van der Waals surface area contributed by atoms with Gasteiger partial charge in [0.05, 0.1) is 0 Å². The number of rotatable bonds is 6. The van der Waals surface area contributed by atoms with Gasteiger partial charge in [-0.25, -0.2) is 0 Å². The molecule has 0 aromatic carbocycles. The first kappa shape index (κ1) is 50.2. The van der Waals surface area contributed by atoms with E-state index < -0.39 is 0 Å². The molecule has 0 amide bonds. The van der Waals surface area contributed by atoms with E-state index in [4.69, 9.17) is 55.7 Å². The molecule has 2 radical (unpaired) electrons. The number of nitrogens with zero attached hydrogens (tertiary/aromatic N) is 14. The summed E-state index contributed by atoms with van der Waals surface area (Å²) in [6.07, 6.45) is 2.21. The molecule has 0 aliphatic heterocycles. The van der Waals surface area contributed by atoms with Crippen LogP contribution in [0.25, 0.3) is 63.9 Å². The third-order valence-corrected chi connectivity index (χ3v) is 1.62. The minimum absolute atomic E-state index is 0. The first-order valence-electron chi connectivity index (χ1n) is 6.84. The van der Waals surface area contributed by atoms with Gasteiger partial charge in [-0.15, -0.1) is 0 Å². The van der Waals surface area contributed by atoms with Gasteiger partial charge in [0, 0.05) is 0 Å². The molecule has 0 heterocycles. The fraction of sp³-hybridized carbons (Fsp3) is 1.00. The van der Waals surface area contributed by atoms with Crippen molar-refractivity contribution in [2.45, 2.75) is 12.8 Å². The third kappa shape index (κ3) is 344. The Bertz CT molecular complexity index is 304. The van der Waals surface area contributed by atoms with E-state index in [1.807, 2.05) is 0 Å². The first-order valence-corrected chi connectivity index (χ1v) is 6.84. The molecule has 0 fully saturated rings. The fourth-order valence-electron chi connectivity index (χ4n) is 0.815. The summed E-state index contributed by atoms with van der Waals surface area (Å²) in [5.74, 6) is 0. The zero-order valence-electron chi connectivity index (χ0n) is 16.3. The van der Waals surface area contributed by atoms with Crippen LogP contribution in [-0.4, -0.2) is 64.2 Å². The number of hydrogen-bond donors (Lipinski definition) is 2. The largest absolute Gasteiger partial charge is 2.00 e. The molecule has 0 aliphatic rings. The van der Waals surface area contributed by atoms with Crippen molar-refractivity contribution >= 4 is 0 Å². The van der Waals surface area contributed by atoms with Crippen molar-refractivity contribution < 1.29 is 34.1 Å². The monoisotopic (exact) mass is 498 g/mol. The van der Waals surface area contributed by atoms with E-state index in [1.54, 1.807) is 0 Å². The van der Waals surface area contributed by atoms with Crippen LogP contribution in [-0.2, 0) is 34.1 Å². The van der Waals surface area contributed by atoms with Crippen molar-refractivity contribution in [1.82, 2.24) is 9.80 Å². The van der Waals surface area contributed by atoms with Crippen LogP contribution in [0.4, 0.5) is 0 Å². The zero-order valence-corrected chi connectivity index (χ0v) is 18.1. The van der Waals surface area contributed by atoms with Gasteiger partial charge in [-0.05, 0) is 67.2 Å². The summed E-state index contributed by atoms with van der Waals surface area (Å²) in [6, 6.07) is 0. The number of nitrogens with two attached hydrogens (primary N) is 2. The summed E-state index contributed by atoms with van der Waals surface area (Å²) in [4.78, 5) is 10.3. The number of hydrogen-bond acceptors (Lipinski definition) is 4. The van der Waals surface area contributed by atoms with Gasteiger partial charge >= 0.3 is 34.1 Å². The van der Waals surface area contributed by atoms with Crippen LogP contribution in [0, 0.1) is 0 Å². The molecule has 0 rings (SSSR count). The first-order chi connectivity index (χ1) is 12.2. The molecule has 28 heavy (non-hydrogen) atoms.